The molecule has 1 N–H and O–H groups in total. The molecule has 0 aliphatic carbocycles. The monoisotopic (exact) mass is 496 g/mol. The molecule has 2 aromatic carbocycles. The van der Waals surface area contributed by atoms with Crippen LogP contribution in [0, 0.1) is 0 Å². The number of aryl methyl sites for hydroxylation is 2. The Balaban J connectivity index is 1.74. The highest BCUT2D eigenvalue weighted by atomic mass is 32.2. The maximum absolute atomic E-state index is 13.0. The van der Waals surface area contributed by atoms with Crippen molar-refractivity contribution in [3.8, 4) is 0 Å². The van der Waals surface area contributed by atoms with E-state index in [9.17, 15) is 26.4 Å². The third-order valence-corrected chi connectivity index (χ3v) is 7.37. The van der Waals surface area contributed by atoms with Crippen LogP contribution in [-0.4, -0.2) is 42.3 Å². The molecule has 1 atom stereocenters. The van der Waals surface area contributed by atoms with Gasteiger partial charge >= 0.3 is 6.18 Å². The third-order valence-electron chi connectivity index (χ3n) is 5.56. The second-order valence-corrected chi connectivity index (χ2v) is 10.3. The molecule has 7 nitrogen and oxygen atoms in total. The number of hydrogen-bond acceptors (Lipinski definition) is 4. The molecule has 1 aromatic heterocycles. The molecule has 11 heteroatoms. The average molecular weight is 497 g/mol. The van der Waals surface area contributed by atoms with E-state index in [1.54, 1.807) is 13.0 Å². The van der Waals surface area contributed by atoms with Crippen LogP contribution in [0.1, 0.15) is 43.3 Å². The first-order valence-electron chi connectivity index (χ1n) is 10.7. The van der Waals surface area contributed by atoms with Gasteiger partial charge in [-0.3, -0.25) is 4.79 Å². The van der Waals surface area contributed by atoms with E-state index in [4.69, 9.17) is 0 Å². The zero-order valence-corrected chi connectivity index (χ0v) is 20.2. The number of carbonyl (C=O) groups excluding carboxylic acids is 1. The van der Waals surface area contributed by atoms with E-state index in [1.165, 1.54) is 38.4 Å². The first-order chi connectivity index (χ1) is 15.8. The van der Waals surface area contributed by atoms with Crippen LogP contribution in [0.5, 0.6) is 0 Å². The van der Waals surface area contributed by atoms with E-state index in [0.717, 1.165) is 22.0 Å². The largest absolute Gasteiger partial charge is 0.416 e. The summed E-state index contributed by atoms with van der Waals surface area (Å²) in [5, 5.41) is 2.73. The van der Waals surface area contributed by atoms with E-state index in [1.807, 2.05) is 11.5 Å². The first-order valence-corrected chi connectivity index (χ1v) is 12.2. The van der Waals surface area contributed by atoms with Gasteiger partial charge in [-0.1, -0.05) is 12.1 Å². The van der Waals surface area contributed by atoms with Crippen LogP contribution in [0.25, 0.3) is 11.0 Å². The molecule has 3 rings (SSSR count). The minimum Gasteiger partial charge on any atom is -0.350 e. The third kappa shape index (κ3) is 5.41. The Bertz CT molecular complexity index is 1300. The fourth-order valence-electron chi connectivity index (χ4n) is 3.68. The van der Waals surface area contributed by atoms with E-state index in [-0.39, 0.29) is 17.2 Å². The molecule has 0 aliphatic rings. The van der Waals surface area contributed by atoms with Gasteiger partial charge in [0, 0.05) is 33.5 Å². The molecule has 0 saturated heterocycles. The molecule has 0 aliphatic heterocycles. The second-order valence-electron chi connectivity index (χ2n) is 8.12. The number of carbonyl (C=O) groups is 1. The second kappa shape index (κ2) is 9.75. The van der Waals surface area contributed by atoms with Crippen LogP contribution in [0.3, 0.4) is 0 Å². The summed E-state index contributed by atoms with van der Waals surface area (Å²) in [4.78, 5) is 17.2. The summed E-state index contributed by atoms with van der Waals surface area (Å²) >= 11 is 0. The molecule has 0 saturated carbocycles. The Morgan fingerprint density at radius 3 is 2.50 bits per heavy atom. The van der Waals surface area contributed by atoms with Gasteiger partial charge in [-0.2, -0.15) is 13.2 Å². The Morgan fingerprint density at radius 1 is 1.18 bits per heavy atom. The Hall–Kier alpha value is -2.92. The highest BCUT2D eigenvalue weighted by Gasteiger charge is 2.30. The Labute approximate surface area is 196 Å². The van der Waals surface area contributed by atoms with Crippen molar-refractivity contribution in [2.45, 2.75) is 50.3 Å². The molecule has 184 valence electrons. The standard InChI is InChI=1S/C23H27F3N4O3S/c1-5-30-20-10-9-18(34(32,33)29(3)4)14-19(20)28-21(30)11-12-22(31)27-15(2)16-7-6-8-17(13-16)23(24,25)26/h6-10,13-15H,5,11-12H2,1-4H3,(H,27,31). The number of amides is 1. The number of nitrogens with one attached hydrogen (secondary N) is 1. The minimum absolute atomic E-state index is 0.0788. The normalized spacial score (nSPS) is 13.4. The number of alkyl halides is 3. The van der Waals surface area contributed by atoms with Gasteiger partial charge in [-0.15, -0.1) is 0 Å². The quantitative estimate of drug-likeness (QED) is 0.508. The van der Waals surface area contributed by atoms with Gasteiger partial charge in [-0.25, -0.2) is 17.7 Å². The summed E-state index contributed by atoms with van der Waals surface area (Å²) in [6.45, 7) is 4.13. The van der Waals surface area contributed by atoms with E-state index in [2.05, 4.69) is 10.3 Å². The van der Waals surface area contributed by atoms with Gasteiger partial charge in [0.25, 0.3) is 0 Å². The maximum Gasteiger partial charge on any atom is 0.416 e. The van der Waals surface area contributed by atoms with Crippen LogP contribution < -0.4 is 5.32 Å². The van der Waals surface area contributed by atoms with Gasteiger partial charge in [0.1, 0.15) is 5.82 Å². The molecular formula is C23H27F3N4O3S. The molecule has 1 amide bonds. The summed E-state index contributed by atoms with van der Waals surface area (Å²) in [5.74, 6) is 0.300. The van der Waals surface area contributed by atoms with E-state index >= 15 is 0 Å². The summed E-state index contributed by atoms with van der Waals surface area (Å²) in [6.07, 6.45) is -4.08. The molecule has 1 unspecified atom stereocenters. The van der Waals surface area contributed by atoms with Crippen molar-refractivity contribution in [3.05, 3.63) is 59.4 Å². The summed E-state index contributed by atoms with van der Waals surface area (Å²) < 4.78 is 66.8. The molecule has 0 bridgehead atoms. The van der Waals surface area contributed by atoms with Crippen molar-refractivity contribution in [1.29, 1.82) is 0 Å². The van der Waals surface area contributed by atoms with Crippen molar-refractivity contribution in [3.63, 3.8) is 0 Å². The van der Waals surface area contributed by atoms with Gasteiger partial charge < -0.3 is 9.88 Å². The topological polar surface area (TPSA) is 84.3 Å². The van der Waals surface area contributed by atoms with Crippen LogP contribution in [0.15, 0.2) is 47.4 Å². The number of halogens is 3. The fourth-order valence-corrected chi connectivity index (χ4v) is 4.60. The smallest absolute Gasteiger partial charge is 0.350 e. The van der Waals surface area contributed by atoms with Crippen molar-refractivity contribution < 1.29 is 26.4 Å². The summed E-state index contributed by atoms with van der Waals surface area (Å²) in [6, 6.07) is 9.00. The molecular weight excluding hydrogens is 469 g/mol. The predicted molar refractivity (Wildman–Crippen MR) is 123 cm³/mol. The van der Waals surface area contributed by atoms with Crippen molar-refractivity contribution in [2.75, 3.05) is 14.1 Å². The van der Waals surface area contributed by atoms with Crippen LogP contribution >= 0.6 is 0 Å². The number of benzene rings is 2. The molecule has 0 radical (unpaired) electrons. The summed E-state index contributed by atoms with van der Waals surface area (Å²) in [5.41, 5.74) is 0.863. The Morgan fingerprint density at radius 2 is 1.88 bits per heavy atom. The van der Waals surface area contributed by atoms with Crippen LogP contribution in [0.2, 0.25) is 0 Å². The van der Waals surface area contributed by atoms with Crippen molar-refractivity contribution in [2.24, 2.45) is 0 Å². The average Bonchev–Trinajstić information content (AvgIpc) is 3.13. The number of rotatable bonds is 8. The fraction of sp³-hybridized carbons (Fsp3) is 0.391. The van der Waals surface area contributed by atoms with Crippen molar-refractivity contribution >= 4 is 27.0 Å². The maximum atomic E-state index is 13.0. The zero-order valence-electron chi connectivity index (χ0n) is 19.3. The van der Waals surface area contributed by atoms with Crippen molar-refractivity contribution in [1.82, 2.24) is 19.2 Å². The molecule has 0 fully saturated rings. The summed E-state index contributed by atoms with van der Waals surface area (Å²) in [7, 11) is -0.701. The number of imidazole rings is 1. The lowest BCUT2D eigenvalue weighted by Gasteiger charge is -2.16. The molecule has 1 heterocycles. The van der Waals surface area contributed by atoms with Crippen LogP contribution in [-0.2, 0) is 34.0 Å². The SMILES string of the molecule is CCn1c(CCC(=O)NC(C)c2cccc(C(F)(F)F)c2)nc2cc(S(=O)(=O)N(C)C)ccc21. The number of sulfonamides is 1. The van der Waals surface area contributed by atoms with Gasteiger partial charge in [-0.05, 0) is 49.7 Å². The van der Waals surface area contributed by atoms with Gasteiger partial charge in [0.15, 0.2) is 0 Å². The molecule has 3 aromatic rings. The van der Waals surface area contributed by atoms with E-state index in [0.29, 0.717) is 29.9 Å². The molecule has 0 spiro atoms. The lowest BCUT2D eigenvalue weighted by atomic mass is 10.0. The number of hydrogen-bond donors (Lipinski definition) is 1. The lowest BCUT2D eigenvalue weighted by molar-refractivity contribution is -0.137. The highest BCUT2D eigenvalue weighted by molar-refractivity contribution is 7.89. The van der Waals surface area contributed by atoms with Gasteiger partial charge in [0.2, 0.25) is 15.9 Å². The Kier molecular flexibility index (Phi) is 7.37. The van der Waals surface area contributed by atoms with E-state index < -0.39 is 27.8 Å². The van der Waals surface area contributed by atoms with Crippen LogP contribution in [0.4, 0.5) is 13.2 Å². The zero-order chi connectivity index (χ0) is 25.3. The number of fused-ring (bicyclic) bond motifs is 1. The number of aromatic nitrogens is 2. The van der Waals surface area contributed by atoms with Gasteiger partial charge in [0.05, 0.1) is 27.5 Å². The molecule has 34 heavy (non-hydrogen) atoms. The first kappa shape index (κ1) is 25.7. The lowest BCUT2D eigenvalue weighted by Crippen LogP contribution is -2.27. The highest BCUT2D eigenvalue weighted by Crippen LogP contribution is 2.30. The minimum atomic E-state index is -4.45. The number of nitrogens with zero attached hydrogens (tertiary/aromatic N) is 3. The predicted octanol–water partition coefficient (Wildman–Crippen LogP) is 4.14.